The fourth-order valence-corrected chi connectivity index (χ4v) is 6.06. The van der Waals surface area contributed by atoms with E-state index in [9.17, 15) is 8.42 Å². The Morgan fingerprint density at radius 3 is 2.66 bits per heavy atom. The van der Waals surface area contributed by atoms with Crippen LogP contribution in [0.4, 0.5) is 0 Å². The summed E-state index contributed by atoms with van der Waals surface area (Å²) in [4.78, 5) is 2.39. The molecule has 1 unspecified atom stereocenters. The Morgan fingerprint density at radius 2 is 2.00 bits per heavy atom. The lowest BCUT2D eigenvalue weighted by molar-refractivity contribution is 0.159. The summed E-state index contributed by atoms with van der Waals surface area (Å²) in [6.07, 6.45) is 3.55. The topological polar surface area (TPSA) is 82.4 Å². The van der Waals surface area contributed by atoms with Crippen molar-refractivity contribution < 1.29 is 13.2 Å². The SMILES string of the molecule is CS(=O)(=O)C1(c2ccc(OCC3CN(CCc4cc(Cl)cc(C#N)c4)CCN3)cc2)CC1. The smallest absolute Gasteiger partial charge is 0.157 e. The Hall–Kier alpha value is -2.11. The van der Waals surface area contributed by atoms with Crippen molar-refractivity contribution in [3.05, 3.63) is 64.2 Å². The first kappa shape index (κ1) is 23.1. The summed E-state index contributed by atoms with van der Waals surface area (Å²) < 4.78 is 29.5. The van der Waals surface area contributed by atoms with Crippen molar-refractivity contribution in [3.63, 3.8) is 0 Å². The van der Waals surface area contributed by atoms with Crippen LogP contribution in [0.25, 0.3) is 0 Å². The quantitative estimate of drug-likeness (QED) is 0.634. The Morgan fingerprint density at radius 1 is 1.25 bits per heavy atom. The zero-order valence-electron chi connectivity index (χ0n) is 18.2. The molecule has 6 nitrogen and oxygen atoms in total. The fraction of sp³-hybridized carbons (Fsp3) is 0.458. The Labute approximate surface area is 195 Å². The van der Waals surface area contributed by atoms with Gasteiger partial charge in [-0.05, 0) is 60.7 Å². The molecule has 1 aliphatic heterocycles. The normalized spacial score (nSPS) is 20.5. The molecule has 1 atom stereocenters. The van der Waals surface area contributed by atoms with Crippen molar-refractivity contribution >= 4 is 21.4 Å². The number of benzene rings is 2. The molecule has 2 fully saturated rings. The average molecular weight is 474 g/mol. The first-order valence-corrected chi connectivity index (χ1v) is 13.1. The Kier molecular flexibility index (Phi) is 6.78. The lowest BCUT2D eigenvalue weighted by Crippen LogP contribution is -2.53. The van der Waals surface area contributed by atoms with Gasteiger partial charge in [0.05, 0.1) is 22.4 Å². The molecule has 0 aromatic heterocycles. The van der Waals surface area contributed by atoms with E-state index in [0.29, 0.717) is 30.0 Å². The van der Waals surface area contributed by atoms with Gasteiger partial charge >= 0.3 is 0 Å². The molecule has 1 heterocycles. The van der Waals surface area contributed by atoms with E-state index >= 15 is 0 Å². The Bertz CT molecular complexity index is 1110. The number of halogens is 1. The third-order valence-corrected chi connectivity index (χ3v) is 8.67. The van der Waals surface area contributed by atoms with Gasteiger partial charge in [0.2, 0.25) is 0 Å². The highest BCUT2D eigenvalue weighted by molar-refractivity contribution is 7.92. The summed E-state index contributed by atoms with van der Waals surface area (Å²) in [7, 11) is -3.10. The van der Waals surface area contributed by atoms with E-state index in [1.54, 1.807) is 6.07 Å². The van der Waals surface area contributed by atoms with E-state index in [1.807, 2.05) is 36.4 Å². The number of nitrogens with zero attached hydrogens (tertiary/aromatic N) is 2. The first-order chi connectivity index (χ1) is 15.3. The second-order valence-corrected chi connectivity index (χ2v) is 11.5. The molecule has 0 amide bonds. The molecule has 0 bridgehead atoms. The van der Waals surface area contributed by atoms with Gasteiger partial charge in [-0.3, -0.25) is 0 Å². The third-order valence-electron chi connectivity index (χ3n) is 6.39. The van der Waals surface area contributed by atoms with Crippen LogP contribution in [0.5, 0.6) is 5.75 Å². The van der Waals surface area contributed by atoms with Crippen LogP contribution in [0.15, 0.2) is 42.5 Å². The van der Waals surface area contributed by atoms with Gasteiger partial charge in [-0.2, -0.15) is 5.26 Å². The van der Waals surface area contributed by atoms with E-state index < -0.39 is 14.6 Å². The van der Waals surface area contributed by atoms with Crippen LogP contribution >= 0.6 is 11.6 Å². The molecule has 4 rings (SSSR count). The summed E-state index contributed by atoms with van der Waals surface area (Å²) >= 11 is 6.11. The van der Waals surface area contributed by atoms with E-state index in [-0.39, 0.29) is 6.04 Å². The lowest BCUT2D eigenvalue weighted by atomic mass is 10.1. The molecular formula is C24H28ClN3O3S. The van der Waals surface area contributed by atoms with Gasteiger partial charge in [-0.1, -0.05) is 23.7 Å². The summed E-state index contributed by atoms with van der Waals surface area (Å²) in [6.45, 7) is 4.17. The maximum atomic E-state index is 12.1. The van der Waals surface area contributed by atoms with Gasteiger partial charge in [-0.25, -0.2) is 8.42 Å². The standard InChI is InChI=1S/C24H28ClN3O3S/c1-32(29,30)24(7-8-24)20-2-4-23(5-3-20)31-17-22-16-28(11-9-27-22)10-6-18-12-19(15-26)14-21(25)13-18/h2-5,12-14,22,27H,6-11,16-17H2,1H3. The van der Waals surface area contributed by atoms with Crippen molar-refractivity contribution in [1.82, 2.24) is 10.2 Å². The van der Waals surface area contributed by atoms with Gasteiger partial charge in [-0.15, -0.1) is 0 Å². The summed E-state index contributed by atoms with van der Waals surface area (Å²) in [5.74, 6) is 0.750. The summed E-state index contributed by atoms with van der Waals surface area (Å²) in [5, 5.41) is 13.2. The van der Waals surface area contributed by atoms with Crippen molar-refractivity contribution in [3.8, 4) is 11.8 Å². The zero-order chi connectivity index (χ0) is 22.8. The molecule has 32 heavy (non-hydrogen) atoms. The number of hydrogen-bond donors (Lipinski definition) is 1. The number of nitrogens with one attached hydrogen (secondary N) is 1. The molecular weight excluding hydrogens is 446 g/mol. The van der Waals surface area contributed by atoms with E-state index in [1.165, 1.54) is 6.26 Å². The number of rotatable bonds is 8. The average Bonchev–Trinajstić information content (AvgIpc) is 3.59. The highest BCUT2D eigenvalue weighted by Gasteiger charge is 2.53. The number of sulfone groups is 1. The zero-order valence-corrected chi connectivity index (χ0v) is 19.8. The fourth-order valence-electron chi connectivity index (χ4n) is 4.39. The van der Waals surface area contributed by atoms with E-state index in [2.05, 4.69) is 16.3 Å². The van der Waals surface area contributed by atoms with Crippen LogP contribution in [0.3, 0.4) is 0 Å². The molecule has 8 heteroatoms. The molecule has 2 aliphatic rings. The summed E-state index contributed by atoms with van der Waals surface area (Å²) in [5.41, 5.74) is 2.52. The van der Waals surface area contributed by atoms with Gasteiger partial charge < -0.3 is 15.0 Å². The highest BCUT2D eigenvalue weighted by atomic mass is 35.5. The maximum absolute atomic E-state index is 12.1. The van der Waals surface area contributed by atoms with Crippen LogP contribution in [0.1, 0.15) is 29.5 Å². The monoisotopic (exact) mass is 473 g/mol. The van der Waals surface area contributed by atoms with Crippen LogP contribution in [0, 0.1) is 11.3 Å². The highest BCUT2D eigenvalue weighted by Crippen LogP contribution is 2.52. The minimum absolute atomic E-state index is 0.211. The van der Waals surface area contributed by atoms with Crippen molar-refractivity contribution in [2.75, 3.05) is 39.0 Å². The molecule has 1 N–H and O–H groups in total. The second kappa shape index (κ2) is 9.40. The minimum Gasteiger partial charge on any atom is -0.492 e. The molecule has 2 aromatic rings. The third kappa shape index (κ3) is 5.26. The number of ether oxygens (including phenoxy) is 1. The summed E-state index contributed by atoms with van der Waals surface area (Å²) in [6, 6.07) is 15.4. The van der Waals surface area contributed by atoms with Gasteiger partial charge in [0.15, 0.2) is 9.84 Å². The molecule has 2 aromatic carbocycles. The predicted octanol–water partition coefficient (Wildman–Crippen LogP) is 3.14. The van der Waals surface area contributed by atoms with Crippen LogP contribution in [-0.4, -0.2) is 58.4 Å². The second-order valence-electron chi connectivity index (χ2n) is 8.76. The minimum atomic E-state index is -3.10. The largest absolute Gasteiger partial charge is 0.492 e. The van der Waals surface area contributed by atoms with E-state index in [0.717, 1.165) is 49.5 Å². The molecule has 0 spiro atoms. The van der Waals surface area contributed by atoms with Gasteiger partial charge in [0.25, 0.3) is 0 Å². The first-order valence-electron chi connectivity index (χ1n) is 10.9. The van der Waals surface area contributed by atoms with E-state index in [4.69, 9.17) is 21.6 Å². The molecule has 1 aliphatic carbocycles. The van der Waals surface area contributed by atoms with Crippen molar-refractivity contribution in [1.29, 1.82) is 5.26 Å². The molecule has 170 valence electrons. The number of hydrogen-bond acceptors (Lipinski definition) is 6. The predicted molar refractivity (Wildman–Crippen MR) is 126 cm³/mol. The van der Waals surface area contributed by atoms with Crippen molar-refractivity contribution in [2.24, 2.45) is 0 Å². The Balaban J connectivity index is 1.27. The van der Waals surface area contributed by atoms with Crippen molar-refractivity contribution in [2.45, 2.75) is 30.1 Å². The number of piperazine rings is 1. The lowest BCUT2D eigenvalue weighted by Gasteiger charge is -2.33. The van der Waals surface area contributed by atoms with Gasteiger partial charge in [0.1, 0.15) is 12.4 Å². The van der Waals surface area contributed by atoms with Crippen LogP contribution < -0.4 is 10.1 Å². The van der Waals surface area contributed by atoms with Crippen LogP contribution in [0.2, 0.25) is 5.02 Å². The van der Waals surface area contributed by atoms with Gasteiger partial charge in [0, 0.05) is 37.5 Å². The molecule has 1 saturated carbocycles. The molecule has 0 radical (unpaired) electrons. The maximum Gasteiger partial charge on any atom is 0.157 e. The molecule has 1 saturated heterocycles. The van der Waals surface area contributed by atoms with Crippen LogP contribution in [-0.2, 0) is 21.0 Å². The number of nitriles is 1.